The molecule has 0 aliphatic carbocycles. The van der Waals surface area contributed by atoms with E-state index in [1.807, 2.05) is 59.6 Å². The van der Waals surface area contributed by atoms with Crippen molar-refractivity contribution >= 4 is 74.4 Å². The number of thiazole rings is 1. The van der Waals surface area contributed by atoms with Gasteiger partial charge in [0.05, 0.1) is 10.9 Å². The first kappa shape index (κ1) is 35.1. The number of amidine groups is 1. The van der Waals surface area contributed by atoms with E-state index in [4.69, 9.17) is 21.8 Å². The van der Waals surface area contributed by atoms with Crippen molar-refractivity contribution in [2.24, 2.45) is 11.0 Å². The van der Waals surface area contributed by atoms with Gasteiger partial charge < -0.3 is 36.1 Å². The van der Waals surface area contributed by atoms with Crippen molar-refractivity contribution in [1.29, 1.82) is 5.41 Å². The minimum absolute atomic E-state index is 0.0192. The van der Waals surface area contributed by atoms with Gasteiger partial charge >= 0.3 is 11.9 Å². The van der Waals surface area contributed by atoms with Gasteiger partial charge in [-0.2, -0.15) is 0 Å². The zero-order chi connectivity index (χ0) is 36.6. The Labute approximate surface area is 298 Å². The summed E-state index contributed by atoms with van der Waals surface area (Å²) >= 11 is 2.33. The van der Waals surface area contributed by atoms with E-state index in [-0.39, 0.29) is 40.4 Å². The van der Waals surface area contributed by atoms with Gasteiger partial charge in [-0.3, -0.25) is 19.9 Å². The molecular formula is C32H33N10O7S2+. The number of hydrogen-bond acceptors (Lipinski definition) is 12. The summed E-state index contributed by atoms with van der Waals surface area (Å²) < 4.78 is 3.94. The lowest BCUT2D eigenvalue weighted by Gasteiger charge is -2.49. The number of nitrogens with zero attached hydrogens (tertiary/aromatic N) is 5. The molecule has 1 aromatic carbocycles. The van der Waals surface area contributed by atoms with Crippen molar-refractivity contribution in [2.45, 2.75) is 44.0 Å². The number of benzene rings is 1. The second-order valence-electron chi connectivity index (χ2n) is 12.2. The maximum Gasteiger partial charge on any atom is 0.352 e. The number of carbonyl (C=O) groups excluding carboxylic acids is 2. The molecule has 2 atom stereocenters. The minimum Gasteiger partial charge on any atom is -0.478 e. The van der Waals surface area contributed by atoms with Crippen LogP contribution in [0.1, 0.15) is 30.7 Å². The lowest BCUT2D eigenvalue weighted by Crippen LogP contribution is -2.71. The number of aromatic nitrogens is 3. The van der Waals surface area contributed by atoms with Crippen LogP contribution >= 0.6 is 23.1 Å². The second kappa shape index (κ2) is 13.8. The quantitative estimate of drug-likeness (QED) is 0.0267. The Kier molecular flexibility index (Phi) is 9.52. The summed E-state index contributed by atoms with van der Waals surface area (Å²) in [5.41, 5.74) is 8.96. The largest absolute Gasteiger partial charge is 0.478 e. The number of carboxylic acid groups (broad SMARTS) is 2. The maximum absolute atomic E-state index is 13.4. The molecule has 6 rings (SSSR count). The molecule has 0 bridgehead atoms. The Bertz CT molecular complexity index is 2140. The normalized spacial score (nSPS) is 17.5. The van der Waals surface area contributed by atoms with Crippen LogP contribution in [0.4, 0.5) is 5.13 Å². The maximum atomic E-state index is 13.4. The number of fused-ring (bicyclic) bond motifs is 2. The van der Waals surface area contributed by atoms with Gasteiger partial charge in [-0.1, -0.05) is 29.4 Å². The van der Waals surface area contributed by atoms with Crippen molar-refractivity contribution in [1.82, 2.24) is 25.2 Å². The van der Waals surface area contributed by atoms with Crippen LogP contribution in [-0.2, 0) is 37.1 Å². The zero-order valence-electron chi connectivity index (χ0n) is 27.2. The lowest BCUT2D eigenvalue weighted by atomic mass is 10.0. The highest BCUT2D eigenvalue weighted by Gasteiger charge is 2.55. The summed E-state index contributed by atoms with van der Waals surface area (Å²) in [5.74, 6) is 1.65. The number of β-lactam (4-membered cyclic amide) rings is 1. The van der Waals surface area contributed by atoms with Crippen LogP contribution in [0.15, 0.2) is 76.8 Å². The molecule has 1 saturated heterocycles. The number of carboxylic acids is 2. The van der Waals surface area contributed by atoms with Crippen molar-refractivity contribution in [2.75, 3.05) is 11.5 Å². The number of anilines is 1. The average Bonchev–Trinajstić information content (AvgIpc) is 3.72. The SMILES string of the molecule is CC(C)(O/N=C(\C(=O)N[C@@H]1C(=O)N2C(C(=O)O)=C(C[n+]3ccc4c(ccn4Cc4ccc(C(=N)NN)cc4)c3)CS[C@H]12)c1csc(N)n1)C(=O)O. The van der Waals surface area contributed by atoms with E-state index in [1.54, 1.807) is 0 Å². The summed E-state index contributed by atoms with van der Waals surface area (Å²) in [4.78, 5) is 61.2. The third-order valence-electron chi connectivity index (χ3n) is 8.28. The first-order chi connectivity index (χ1) is 24.3. The van der Waals surface area contributed by atoms with Crippen LogP contribution in [0.2, 0.25) is 0 Å². The molecule has 2 amide bonds. The summed E-state index contributed by atoms with van der Waals surface area (Å²) in [5, 5.41) is 35.5. The Morgan fingerprint density at radius 1 is 1.20 bits per heavy atom. The van der Waals surface area contributed by atoms with E-state index in [0.29, 0.717) is 17.7 Å². The Hall–Kier alpha value is -5.79. The number of hydrogen-bond donors (Lipinski definition) is 7. The van der Waals surface area contributed by atoms with E-state index in [1.165, 1.54) is 35.9 Å². The van der Waals surface area contributed by atoms with Crippen molar-refractivity contribution in [3.63, 3.8) is 0 Å². The summed E-state index contributed by atoms with van der Waals surface area (Å²) in [7, 11) is 0. The van der Waals surface area contributed by atoms with Crippen LogP contribution in [-0.4, -0.2) is 82.7 Å². The first-order valence-corrected chi connectivity index (χ1v) is 17.2. The molecule has 4 aromatic rings. The smallest absolute Gasteiger partial charge is 0.352 e. The number of nitrogens with two attached hydrogens (primary N) is 2. The van der Waals surface area contributed by atoms with Crippen LogP contribution in [0, 0.1) is 5.41 Å². The number of nitrogens with one attached hydrogen (secondary N) is 3. The average molecular weight is 734 g/mol. The number of pyridine rings is 1. The molecule has 0 unspecified atom stereocenters. The van der Waals surface area contributed by atoms with Gasteiger partial charge in [-0.25, -0.2) is 25.0 Å². The van der Waals surface area contributed by atoms with Crippen molar-refractivity contribution < 1.29 is 38.8 Å². The Balaban J connectivity index is 1.17. The van der Waals surface area contributed by atoms with Crippen LogP contribution in [0.3, 0.4) is 0 Å². The fourth-order valence-corrected chi connectivity index (χ4v) is 7.40. The van der Waals surface area contributed by atoms with Gasteiger partial charge in [0.2, 0.25) is 5.60 Å². The number of hydrazine groups is 1. The predicted octanol–water partition coefficient (Wildman–Crippen LogP) is 0.827. The lowest BCUT2D eigenvalue weighted by molar-refractivity contribution is -0.687. The number of rotatable bonds is 12. The number of oxime groups is 1. The molecule has 2 aliphatic heterocycles. The van der Waals surface area contributed by atoms with Crippen LogP contribution in [0.25, 0.3) is 10.9 Å². The standard InChI is InChI=1S/C32H32N10O7S2/c1-32(2,30(47)48)49-39-22(20-15-51-31(34)36-20)26(43)37-23-27(44)42-24(29(45)46)19(14-50-28(23)42)13-40-9-8-21-18(12-40)7-10-41(21)11-16-3-5-17(6-4-16)25(33)38-35/h3-10,12,15,23,28H,11,13-14H2,1-2H3,(H8-,33,34,35,36,37,38,39,43,45,46,47,48)/p+1/t23-,28-/m1/s1. The van der Waals surface area contributed by atoms with Gasteiger partial charge in [0.15, 0.2) is 29.8 Å². The van der Waals surface area contributed by atoms with E-state index in [2.05, 4.69) is 25.4 Å². The monoisotopic (exact) mass is 733 g/mol. The fourth-order valence-electron chi connectivity index (χ4n) is 5.52. The van der Waals surface area contributed by atoms with Gasteiger partial charge in [0, 0.05) is 41.1 Å². The van der Waals surface area contributed by atoms with Crippen molar-refractivity contribution in [3.05, 3.63) is 88.5 Å². The third-order valence-corrected chi connectivity index (χ3v) is 10.3. The first-order valence-electron chi connectivity index (χ1n) is 15.3. The molecular weight excluding hydrogens is 701 g/mol. The molecule has 19 heteroatoms. The number of nitrogen functional groups attached to an aromatic ring is 1. The fraction of sp³-hybridized carbons (Fsp3) is 0.250. The minimum atomic E-state index is -1.78. The molecule has 1 fully saturated rings. The van der Waals surface area contributed by atoms with E-state index in [0.717, 1.165) is 27.8 Å². The van der Waals surface area contributed by atoms with Crippen molar-refractivity contribution in [3.8, 4) is 0 Å². The number of carbonyl (C=O) groups is 4. The molecule has 0 saturated carbocycles. The molecule has 3 aromatic heterocycles. The summed E-state index contributed by atoms with van der Waals surface area (Å²) in [6.45, 7) is 3.30. The second-order valence-corrected chi connectivity index (χ2v) is 14.1. The highest BCUT2D eigenvalue weighted by atomic mass is 32.2. The number of thioether (sulfide) groups is 1. The molecule has 0 radical (unpaired) electrons. The summed E-state index contributed by atoms with van der Waals surface area (Å²) in [6.07, 6.45) is 5.72. The molecule has 17 nitrogen and oxygen atoms in total. The highest BCUT2D eigenvalue weighted by molar-refractivity contribution is 8.00. The summed E-state index contributed by atoms with van der Waals surface area (Å²) in [6, 6.07) is 10.3. The topological polar surface area (TPSA) is 255 Å². The van der Waals surface area contributed by atoms with Gasteiger partial charge in [0.1, 0.15) is 28.6 Å². The Morgan fingerprint density at radius 3 is 2.59 bits per heavy atom. The molecule has 0 spiro atoms. The van der Waals surface area contributed by atoms with Gasteiger partial charge in [-0.15, -0.1) is 23.1 Å². The Morgan fingerprint density at radius 2 is 1.94 bits per heavy atom. The van der Waals surface area contributed by atoms with Gasteiger partial charge in [0.25, 0.3) is 11.8 Å². The van der Waals surface area contributed by atoms with Gasteiger partial charge in [-0.05, 0) is 25.5 Å². The molecule has 5 heterocycles. The molecule has 2 aliphatic rings. The molecule has 51 heavy (non-hydrogen) atoms. The number of amides is 2. The number of aliphatic carboxylic acids is 2. The van der Waals surface area contributed by atoms with Crippen LogP contribution in [0.5, 0.6) is 0 Å². The molecule has 9 N–H and O–H groups in total. The van der Waals surface area contributed by atoms with E-state index < -0.39 is 40.8 Å². The van der Waals surface area contributed by atoms with E-state index >= 15 is 0 Å². The van der Waals surface area contributed by atoms with Crippen LogP contribution < -0.4 is 26.9 Å². The third kappa shape index (κ3) is 6.98. The van der Waals surface area contributed by atoms with E-state index in [9.17, 15) is 29.4 Å². The zero-order valence-corrected chi connectivity index (χ0v) is 28.8. The predicted molar refractivity (Wildman–Crippen MR) is 187 cm³/mol. The molecule has 264 valence electrons. The highest BCUT2D eigenvalue weighted by Crippen LogP contribution is 2.40.